The number of nitrogens with zero attached hydrogens (tertiary/aromatic N) is 2. The van der Waals surface area contributed by atoms with Gasteiger partial charge in [-0.15, -0.1) is 0 Å². The molecule has 1 aliphatic heterocycles. The minimum absolute atomic E-state index is 0.00528. The summed E-state index contributed by atoms with van der Waals surface area (Å²) in [7, 11) is 0. The largest absolute Gasteiger partial charge is 0.512 e. The van der Waals surface area contributed by atoms with Gasteiger partial charge in [-0.2, -0.15) is 5.10 Å². The molecule has 0 bridgehead atoms. The number of benzene rings is 1. The molecule has 2 aromatic rings. The molecule has 7 heteroatoms. The number of rotatable bonds is 4. The molecule has 1 unspecified atom stereocenters. The van der Waals surface area contributed by atoms with Gasteiger partial charge in [-0.05, 0) is 62.1 Å². The van der Waals surface area contributed by atoms with E-state index in [-0.39, 0.29) is 23.8 Å². The normalized spacial score (nSPS) is 25.4. The minimum atomic E-state index is -0.429. The van der Waals surface area contributed by atoms with Gasteiger partial charge in [0.1, 0.15) is 5.76 Å². The third kappa shape index (κ3) is 3.76. The van der Waals surface area contributed by atoms with Crippen LogP contribution in [0.25, 0.3) is 10.9 Å². The van der Waals surface area contributed by atoms with Crippen molar-refractivity contribution < 1.29 is 19.4 Å². The molecule has 0 spiro atoms. The topological polar surface area (TPSA) is 73.6 Å². The molecule has 0 radical (unpaired) electrons. The van der Waals surface area contributed by atoms with Gasteiger partial charge in [-0.1, -0.05) is 18.5 Å². The highest BCUT2D eigenvalue weighted by molar-refractivity contribution is 6.32. The first-order valence-corrected chi connectivity index (χ1v) is 10.7. The van der Waals surface area contributed by atoms with Gasteiger partial charge in [-0.25, -0.2) is 9.48 Å². The number of aromatic nitrogens is 2. The van der Waals surface area contributed by atoms with Crippen LogP contribution in [0.5, 0.6) is 0 Å². The molecule has 1 saturated heterocycles. The number of hydrogen-bond donors (Lipinski definition) is 1. The van der Waals surface area contributed by atoms with Crippen molar-refractivity contribution in [2.75, 3.05) is 13.2 Å². The van der Waals surface area contributed by atoms with Crippen LogP contribution >= 0.6 is 11.6 Å². The zero-order chi connectivity index (χ0) is 20.5. The SMILES string of the molecule is CCOC(=O)C1=C(O)C[C@@H](c2c(Cl)ccc3c2cnn3C2CCCCO2)[C@H](C)C1. The summed E-state index contributed by atoms with van der Waals surface area (Å²) in [4.78, 5) is 12.2. The summed E-state index contributed by atoms with van der Waals surface area (Å²) in [6.07, 6.45) is 5.77. The third-order valence-electron chi connectivity index (χ3n) is 6.06. The van der Waals surface area contributed by atoms with Crippen molar-refractivity contribution >= 4 is 28.5 Å². The molecular formula is C22H27ClN2O4. The number of ether oxygens (including phenoxy) is 2. The Morgan fingerprint density at radius 1 is 1.38 bits per heavy atom. The van der Waals surface area contributed by atoms with Crippen LogP contribution in [0.3, 0.4) is 0 Å². The van der Waals surface area contributed by atoms with Crippen LogP contribution in [0.2, 0.25) is 5.02 Å². The summed E-state index contributed by atoms with van der Waals surface area (Å²) in [6, 6.07) is 3.88. The molecule has 0 saturated carbocycles. The average molecular weight is 419 g/mol. The Kier molecular flexibility index (Phi) is 5.83. The fourth-order valence-corrected chi connectivity index (χ4v) is 4.86. The molecule has 1 aromatic carbocycles. The third-order valence-corrected chi connectivity index (χ3v) is 6.39. The number of aliphatic hydroxyl groups excluding tert-OH is 1. The first-order valence-electron chi connectivity index (χ1n) is 10.4. The monoisotopic (exact) mass is 418 g/mol. The second-order valence-corrected chi connectivity index (χ2v) is 8.35. The van der Waals surface area contributed by atoms with E-state index in [4.69, 9.17) is 21.1 Å². The lowest BCUT2D eigenvalue weighted by atomic mass is 9.75. The number of fused-ring (bicyclic) bond motifs is 1. The average Bonchev–Trinajstić information content (AvgIpc) is 3.14. The van der Waals surface area contributed by atoms with Crippen LogP contribution in [0.4, 0.5) is 0 Å². The number of hydrogen-bond acceptors (Lipinski definition) is 5. The molecular weight excluding hydrogens is 392 g/mol. The highest BCUT2D eigenvalue weighted by Gasteiger charge is 2.34. The predicted octanol–water partition coefficient (Wildman–Crippen LogP) is 5.28. The van der Waals surface area contributed by atoms with Crippen LogP contribution in [0.15, 0.2) is 29.7 Å². The predicted molar refractivity (Wildman–Crippen MR) is 111 cm³/mol. The quantitative estimate of drug-likeness (QED) is 0.684. The van der Waals surface area contributed by atoms with Crippen LogP contribution in [0.1, 0.15) is 63.7 Å². The summed E-state index contributed by atoms with van der Waals surface area (Å²) in [6.45, 7) is 4.89. The Hall–Kier alpha value is -2.05. The lowest BCUT2D eigenvalue weighted by molar-refractivity contribution is -0.139. The first kappa shape index (κ1) is 20.2. The van der Waals surface area contributed by atoms with E-state index in [0.717, 1.165) is 42.3 Å². The van der Waals surface area contributed by atoms with Crippen molar-refractivity contribution in [2.24, 2.45) is 5.92 Å². The van der Waals surface area contributed by atoms with Gasteiger partial charge in [0, 0.05) is 23.4 Å². The number of carbonyl (C=O) groups excluding carboxylic acids is 1. The van der Waals surface area contributed by atoms with Gasteiger partial charge < -0.3 is 14.6 Å². The lowest BCUT2D eigenvalue weighted by Crippen LogP contribution is -2.23. The number of aliphatic hydroxyl groups is 1. The second kappa shape index (κ2) is 8.36. The highest BCUT2D eigenvalue weighted by Crippen LogP contribution is 2.45. The first-order chi connectivity index (χ1) is 14.0. The maximum Gasteiger partial charge on any atom is 0.337 e. The van der Waals surface area contributed by atoms with Crippen molar-refractivity contribution in [2.45, 2.75) is 58.1 Å². The maximum atomic E-state index is 12.2. The Balaban J connectivity index is 1.71. The van der Waals surface area contributed by atoms with E-state index in [0.29, 0.717) is 30.0 Å². The van der Waals surface area contributed by atoms with Crippen LogP contribution < -0.4 is 0 Å². The molecule has 1 fully saturated rings. The van der Waals surface area contributed by atoms with Gasteiger partial charge in [0.15, 0.2) is 6.23 Å². The van der Waals surface area contributed by atoms with Gasteiger partial charge in [0.2, 0.25) is 0 Å². The minimum Gasteiger partial charge on any atom is -0.512 e. The molecule has 2 aliphatic rings. The van der Waals surface area contributed by atoms with E-state index in [1.807, 2.05) is 23.0 Å². The summed E-state index contributed by atoms with van der Waals surface area (Å²) < 4.78 is 13.0. The molecule has 0 amide bonds. The molecule has 1 aromatic heterocycles. The van der Waals surface area contributed by atoms with E-state index in [9.17, 15) is 9.90 Å². The Bertz CT molecular complexity index is 946. The molecule has 2 heterocycles. The van der Waals surface area contributed by atoms with Gasteiger partial charge in [0.25, 0.3) is 0 Å². The number of esters is 1. The smallest absolute Gasteiger partial charge is 0.337 e. The van der Waals surface area contributed by atoms with Crippen LogP contribution in [-0.4, -0.2) is 34.1 Å². The zero-order valence-electron chi connectivity index (χ0n) is 16.9. The van der Waals surface area contributed by atoms with Crippen molar-refractivity contribution in [3.63, 3.8) is 0 Å². The number of carbonyl (C=O) groups is 1. The maximum absolute atomic E-state index is 12.2. The molecule has 3 atom stereocenters. The van der Waals surface area contributed by atoms with Crippen LogP contribution in [0, 0.1) is 5.92 Å². The number of allylic oxidation sites excluding steroid dienone is 1. The van der Waals surface area contributed by atoms with Crippen molar-refractivity contribution in [3.8, 4) is 0 Å². The summed E-state index contributed by atoms with van der Waals surface area (Å²) in [5.41, 5.74) is 2.35. The van der Waals surface area contributed by atoms with E-state index >= 15 is 0 Å². The fraction of sp³-hybridized carbons (Fsp3) is 0.545. The molecule has 1 N–H and O–H groups in total. The molecule has 4 rings (SSSR count). The van der Waals surface area contributed by atoms with E-state index in [2.05, 4.69) is 12.0 Å². The van der Waals surface area contributed by atoms with Crippen molar-refractivity contribution in [1.82, 2.24) is 9.78 Å². The molecule has 156 valence electrons. The second-order valence-electron chi connectivity index (χ2n) is 7.94. The van der Waals surface area contributed by atoms with E-state index in [1.165, 1.54) is 0 Å². The van der Waals surface area contributed by atoms with Gasteiger partial charge in [-0.3, -0.25) is 0 Å². The molecule has 1 aliphatic carbocycles. The fourth-order valence-electron chi connectivity index (χ4n) is 4.56. The molecule has 6 nitrogen and oxygen atoms in total. The Labute approximate surface area is 175 Å². The highest BCUT2D eigenvalue weighted by atomic mass is 35.5. The van der Waals surface area contributed by atoms with E-state index in [1.54, 1.807) is 6.92 Å². The Morgan fingerprint density at radius 3 is 2.93 bits per heavy atom. The summed E-state index contributed by atoms with van der Waals surface area (Å²) in [5.74, 6) is -0.207. The van der Waals surface area contributed by atoms with Gasteiger partial charge >= 0.3 is 5.97 Å². The van der Waals surface area contributed by atoms with Crippen molar-refractivity contribution in [1.29, 1.82) is 0 Å². The zero-order valence-corrected chi connectivity index (χ0v) is 17.6. The van der Waals surface area contributed by atoms with Gasteiger partial charge in [0.05, 0.1) is 23.9 Å². The number of halogens is 1. The van der Waals surface area contributed by atoms with E-state index < -0.39 is 5.97 Å². The summed E-state index contributed by atoms with van der Waals surface area (Å²) in [5, 5.41) is 16.8. The van der Waals surface area contributed by atoms with Crippen molar-refractivity contribution in [3.05, 3.63) is 40.2 Å². The molecule has 29 heavy (non-hydrogen) atoms. The summed E-state index contributed by atoms with van der Waals surface area (Å²) >= 11 is 6.64. The standard InChI is InChI=1S/C22H27ClN2O4/c1-3-28-22(27)15-10-13(2)14(11-19(15)26)21-16-12-24-25(18(16)8-7-17(21)23)20-6-4-5-9-29-20/h7-8,12-14,20,26H,3-6,9-11H2,1-2H3/t13-,14-,20?/m1/s1. The lowest BCUT2D eigenvalue weighted by Gasteiger charge is -2.31. The van der Waals surface area contributed by atoms with Crippen LogP contribution in [-0.2, 0) is 14.3 Å². The Morgan fingerprint density at radius 2 is 2.21 bits per heavy atom.